The molecule has 0 aromatic carbocycles. The van der Waals surface area contributed by atoms with E-state index >= 15 is 0 Å². The molecule has 1 aromatic rings. The van der Waals surface area contributed by atoms with E-state index in [-0.39, 0.29) is 5.91 Å². The zero-order valence-corrected chi connectivity index (χ0v) is 12.8. The smallest absolute Gasteiger partial charge is 0.254 e. The van der Waals surface area contributed by atoms with Gasteiger partial charge in [0.05, 0.1) is 0 Å². The second-order valence-electron chi connectivity index (χ2n) is 5.63. The summed E-state index contributed by atoms with van der Waals surface area (Å²) in [5.74, 6) is 1.68. The fourth-order valence-corrected chi connectivity index (χ4v) is 2.88. The molecule has 0 radical (unpaired) electrons. The van der Waals surface area contributed by atoms with Crippen LogP contribution in [-0.4, -0.2) is 35.9 Å². The van der Waals surface area contributed by atoms with Crippen LogP contribution in [0.25, 0.3) is 0 Å². The molecule has 2 heterocycles. The van der Waals surface area contributed by atoms with Crippen molar-refractivity contribution < 1.29 is 4.79 Å². The molecule has 1 amide bonds. The Labute approximate surface area is 121 Å². The van der Waals surface area contributed by atoms with Gasteiger partial charge >= 0.3 is 0 Å². The Morgan fingerprint density at radius 1 is 1.40 bits per heavy atom. The summed E-state index contributed by atoms with van der Waals surface area (Å²) in [6.45, 7) is 5.93. The number of hydrogen-bond acceptors (Lipinski definition) is 3. The maximum Gasteiger partial charge on any atom is 0.254 e. The number of anilines is 1. The van der Waals surface area contributed by atoms with Gasteiger partial charge < -0.3 is 10.2 Å². The molecule has 2 rings (SSSR count). The topological polar surface area (TPSA) is 45.2 Å². The molecule has 1 aliphatic rings. The molecular weight excluding hydrogens is 250 g/mol. The molecule has 0 aliphatic carbocycles. The van der Waals surface area contributed by atoms with E-state index in [2.05, 4.69) is 17.2 Å². The number of carbonyl (C=O) groups excluding carboxylic acids is 1. The van der Waals surface area contributed by atoms with Crippen LogP contribution in [0.4, 0.5) is 5.82 Å². The van der Waals surface area contributed by atoms with Crippen LogP contribution in [0.3, 0.4) is 0 Å². The Morgan fingerprint density at radius 2 is 2.20 bits per heavy atom. The highest BCUT2D eigenvalue weighted by atomic mass is 16.2. The van der Waals surface area contributed by atoms with Crippen LogP contribution in [0.1, 0.15) is 48.7 Å². The monoisotopic (exact) mass is 275 g/mol. The highest BCUT2D eigenvalue weighted by molar-refractivity contribution is 5.95. The number of likely N-dealkylation sites (tertiary alicyclic amines) is 1. The number of rotatable bonds is 3. The van der Waals surface area contributed by atoms with Crippen LogP contribution in [0.5, 0.6) is 0 Å². The number of pyridine rings is 1. The predicted octanol–water partition coefficient (Wildman–Crippen LogP) is 3.08. The molecule has 20 heavy (non-hydrogen) atoms. The van der Waals surface area contributed by atoms with Gasteiger partial charge in [0, 0.05) is 31.4 Å². The molecule has 110 valence electrons. The zero-order chi connectivity index (χ0) is 14.5. The molecule has 4 nitrogen and oxygen atoms in total. The molecule has 1 N–H and O–H groups in total. The molecule has 0 bridgehead atoms. The molecule has 4 heteroatoms. The minimum atomic E-state index is 0.142. The minimum absolute atomic E-state index is 0.142. The summed E-state index contributed by atoms with van der Waals surface area (Å²) in [5.41, 5.74) is 1.62. The van der Waals surface area contributed by atoms with Gasteiger partial charge in [-0.3, -0.25) is 4.79 Å². The maximum absolute atomic E-state index is 12.6. The van der Waals surface area contributed by atoms with Gasteiger partial charge in [-0.05, 0) is 44.2 Å². The first-order valence-corrected chi connectivity index (χ1v) is 7.59. The van der Waals surface area contributed by atoms with E-state index in [1.54, 1.807) is 0 Å². The average molecular weight is 275 g/mol. The second kappa shape index (κ2) is 6.73. The van der Waals surface area contributed by atoms with Crippen molar-refractivity contribution in [1.82, 2.24) is 9.88 Å². The molecule has 0 saturated carbocycles. The largest absolute Gasteiger partial charge is 0.373 e. The average Bonchev–Trinajstić information content (AvgIpc) is 2.71. The van der Waals surface area contributed by atoms with Crippen molar-refractivity contribution >= 4 is 11.7 Å². The van der Waals surface area contributed by atoms with Crippen LogP contribution >= 0.6 is 0 Å². The molecular formula is C16H25N3O. The number of hydrogen-bond donors (Lipinski definition) is 1. The van der Waals surface area contributed by atoms with Gasteiger partial charge in [-0.2, -0.15) is 0 Å². The van der Waals surface area contributed by atoms with Crippen molar-refractivity contribution in [2.45, 2.75) is 39.5 Å². The Hall–Kier alpha value is -1.58. The standard InChI is InChI=1S/C16H25N3O/c1-4-13-6-5-8-19(9-7-13)16(20)14-10-12(2)18-15(11-14)17-3/h10-11,13H,4-9H2,1-3H3,(H,17,18). The SMILES string of the molecule is CCC1CCCN(C(=O)c2cc(C)nc(NC)c2)CC1. The first-order valence-electron chi connectivity index (χ1n) is 7.59. The van der Waals surface area contributed by atoms with Gasteiger partial charge in [-0.1, -0.05) is 13.3 Å². The minimum Gasteiger partial charge on any atom is -0.373 e. The molecule has 1 aliphatic heterocycles. The van der Waals surface area contributed by atoms with Crippen molar-refractivity contribution in [3.63, 3.8) is 0 Å². The fraction of sp³-hybridized carbons (Fsp3) is 0.625. The summed E-state index contributed by atoms with van der Waals surface area (Å²) in [6, 6.07) is 3.73. The quantitative estimate of drug-likeness (QED) is 0.922. The summed E-state index contributed by atoms with van der Waals surface area (Å²) in [6.07, 6.45) is 4.72. The molecule has 1 fully saturated rings. The lowest BCUT2D eigenvalue weighted by Gasteiger charge is -2.21. The number of aromatic nitrogens is 1. The van der Waals surface area contributed by atoms with Crippen molar-refractivity contribution in [2.75, 3.05) is 25.5 Å². The van der Waals surface area contributed by atoms with Crippen LogP contribution in [0.15, 0.2) is 12.1 Å². The number of nitrogens with one attached hydrogen (secondary N) is 1. The van der Waals surface area contributed by atoms with Crippen LogP contribution in [0.2, 0.25) is 0 Å². The van der Waals surface area contributed by atoms with Crippen LogP contribution < -0.4 is 5.32 Å². The Balaban J connectivity index is 2.12. The third kappa shape index (κ3) is 3.50. The van der Waals surface area contributed by atoms with E-state index in [0.29, 0.717) is 0 Å². The second-order valence-corrected chi connectivity index (χ2v) is 5.63. The summed E-state index contributed by atoms with van der Waals surface area (Å²) < 4.78 is 0. The van der Waals surface area contributed by atoms with Gasteiger partial charge in [0.25, 0.3) is 5.91 Å². The van der Waals surface area contributed by atoms with E-state index in [4.69, 9.17) is 0 Å². The molecule has 0 spiro atoms. The number of amides is 1. The summed E-state index contributed by atoms with van der Waals surface area (Å²) >= 11 is 0. The Morgan fingerprint density at radius 3 is 2.90 bits per heavy atom. The van der Waals surface area contributed by atoms with Crippen LogP contribution in [-0.2, 0) is 0 Å². The highest BCUT2D eigenvalue weighted by Crippen LogP contribution is 2.22. The number of carbonyl (C=O) groups is 1. The first-order chi connectivity index (χ1) is 9.63. The predicted molar refractivity (Wildman–Crippen MR) is 82.1 cm³/mol. The molecule has 1 unspecified atom stereocenters. The van der Waals surface area contributed by atoms with Gasteiger partial charge in [-0.25, -0.2) is 4.98 Å². The maximum atomic E-state index is 12.6. The van der Waals surface area contributed by atoms with Crippen molar-refractivity contribution in [2.24, 2.45) is 5.92 Å². The van der Waals surface area contributed by atoms with E-state index in [0.717, 1.165) is 48.9 Å². The van der Waals surface area contributed by atoms with Crippen molar-refractivity contribution in [3.8, 4) is 0 Å². The Kier molecular flexibility index (Phi) is 4.99. The van der Waals surface area contributed by atoms with Gasteiger partial charge in [0.2, 0.25) is 0 Å². The third-order valence-corrected chi connectivity index (χ3v) is 4.17. The summed E-state index contributed by atoms with van der Waals surface area (Å²) in [7, 11) is 1.83. The number of aryl methyl sites for hydroxylation is 1. The highest BCUT2D eigenvalue weighted by Gasteiger charge is 2.21. The fourth-order valence-electron chi connectivity index (χ4n) is 2.88. The summed E-state index contributed by atoms with van der Waals surface area (Å²) in [4.78, 5) is 19.0. The molecule has 1 saturated heterocycles. The van der Waals surface area contributed by atoms with E-state index in [1.165, 1.54) is 12.8 Å². The Bertz CT molecular complexity index is 473. The first kappa shape index (κ1) is 14.8. The normalized spacial score (nSPS) is 19.6. The van der Waals surface area contributed by atoms with E-state index < -0.39 is 0 Å². The van der Waals surface area contributed by atoms with Gasteiger partial charge in [0.15, 0.2) is 0 Å². The van der Waals surface area contributed by atoms with E-state index in [9.17, 15) is 4.79 Å². The zero-order valence-electron chi connectivity index (χ0n) is 12.8. The van der Waals surface area contributed by atoms with Gasteiger partial charge in [-0.15, -0.1) is 0 Å². The third-order valence-electron chi connectivity index (χ3n) is 4.17. The van der Waals surface area contributed by atoms with E-state index in [1.807, 2.05) is 31.0 Å². The number of nitrogens with zero attached hydrogens (tertiary/aromatic N) is 2. The van der Waals surface area contributed by atoms with Crippen molar-refractivity contribution in [3.05, 3.63) is 23.4 Å². The van der Waals surface area contributed by atoms with Crippen molar-refractivity contribution in [1.29, 1.82) is 0 Å². The lowest BCUT2D eigenvalue weighted by Crippen LogP contribution is -2.32. The molecule has 1 aromatic heterocycles. The lowest BCUT2D eigenvalue weighted by molar-refractivity contribution is 0.0759. The summed E-state index contributed by atoms with van der Waals surface area (Å²) in [5, 5.41) is 3.01. The van der Waals surface area contributed by atoms with Gasteiger partial charge in [0.1, 0.15) is 5.82 Å². The lowest BCUT2D eigenvalue weighted by atomic mass is 9.98. The molecule has 1 atom stereocenters. The van der Waals surface area contributed by atoms with Crippen LogP contribution in [0, 0.1) is 12.8 Å².